The van der Waals surface area contributed by atoms with Gasteiger partial charge in [-0.1, -0.05) is 25.4 Å². The largest absolute Gasteiger partial charge is 0.454 e. The first-order chi connectivity index (χ1) is 8.53. The lowest BCUT2D eigenvalue weighted by molar-refractivity contribution is 0.172. The molecule has 0 spiro atoms. The van der Waals surface area contributed by atoms with E-state index in [1.807, 2.05) is 6.07 Å². The second-order valence-electron chi connectivity index (χ2n) is 5.55. The number of hydrogen-bond donors (Lipinski definition) is 1. The van der Waals surface area contributed by atoms with Crippen molar-refractivity contribution in [3.8, 4) is 11.5 Å². The molecule has 0 bridgehead atoms. The van der Waals surface area contributed by atoms with Crippen molar-refractivity contribution >= 4 is 11.6 Å². The lowest BCUT2D eigenvalue weighted by Crippen LogP contribution is -2.44. The third-order valence-corrected chi connectivity index (χ3v) is 4.27. The minimum Gasteiger partial charge on any atom is -0.454 e. The Morgan fingerprint density at radius 3 is 2.61 bits per heavy atom. The number of rotatable bonds is 2. The number of halogens is 1. The maximum Gasteiger partial charge on any atom is 0.231 e. The molecule has 0 amide bonds. The molecule has 1 aliphatic carbocycles. The Balaban J connectivity index is 2.23. The third kappa shape index (κ3) is 1.61. The summed E-state index contributed by atoms with van der Waals surface area (Å²) in [6.45, 7) is 4.55. The lowest BCUT2D eigenvalue weighted by Gasteiger charge is -2.41. The van der Waals surface area contributed by atoms with E-state index >= 15 is 0 Å². The molecule has 0 aromatic heterocycles. The highest BCUT2D eigenvalue weighted by atomic mass is 35.5. The van der Waals surface area contributed by atoms with Gasteiger partial charge in [0.15, 0.2) is 11.5 Å². The van der Waals surface area contributed by atoms with Crippen LogP contribution in [-0.4, -0.2) is 6.79 Å². The fourth-order valence-corrected chi connectivity index (χ4v) is 3.29. The summed E-state index contributed by atoms with van der Waals surface area (Å²) in [5, 5.41) is 0.713. The fraction of sp³-hybridized carbons (Fsp3) is 0.571. The molecule has 4 heteroatoms. The number of fused-ring (bicyclic) bond motifs is 1. The SMILES string of the molecule is CC(C)c1c2c(cc(Cl)c1C1(N)CCC1)OCO2. The van der Waals surface area contributed by atoms with Crippen molar-refractivity contribution < 1.29 is 9.47 Å². The van der Waals surface area contributed by atoms with Crippen LogP contribution in [0.15, 0.2) is 6.07 Å². The first-order valence-corrected chi connectivity index (χ1v) is 6.82. The summed E-state index contributed by atoms with van der Waals surface area (Å²) in [6, 6.07) is 1.85. The van der Waals surface area contributed by atoms with Crippen LogP contribution in [0.4, 0.5) is 0 Å². The highest BCUT2D eigenvalue weighted by Gasteiger charge is 2.40. The van der Waals surface area contributed by atoms with Crippen LogP contribution in [0.3, 0.4) is 0 Å². The van der Waals surface area contributed by atoms with Gasteiger partial charge < -0.3 is 15.2 Å². The number of ether oxygens (including phenoxy) is 2. The summed E-state index contributed by atoms with van der Waals surface area (Å²) < 4.78 is 11.1. The van der Waals surface area contributed by atoms with Gasteiger partial charge in [0.25, 0.3) is 0 Å². The van der Waals surface area contributed by atoms with E-state index in [1.165, 1.54) is 6.42 Å². The van der Waals surface area contributed by atoms with Gasteiger partial charge in [-0.25, -0.2) is 0 Å². The van der Waals surface area contributed by atoms with Crippen molar-refractivity contribution in [1.82, 2.24) is 0 Å². The van der Waals surface area contributed by atoms with Gasteiger partial charge in [-0.15, -0.1) is 0 Å². The third-order valence-electron chi connectivity index (χ3n) is 3.97. The molecule has 1 fully saturated rings. The average Bonchev–Trinajstić information content (AvgIpc) is 2.71. The molecular weight excluding hydrogens is 250 g/mol. The molecule has 0 unspecified atom stereocenters. The van der Waals surface area contributed by atoms with Gasteiger partial charge in [-0.3, -0.25) is 0 Å². The molecule has 3 rings (SSSR count). The van der Waals surface area contributed by atoms with Crippen molar-refractivity contribution in [2.45, 2.75) is 44.6 Å². The Morgan fingerprint density at radius 1 is 1.33 bits per heavy atom. The first kappa shape index (κ1) is 12.1. The van der Waals surface area contributed by atoms with Crippen molar-refractivity contribution in [1.29, 1.82) is 0 Å². The van der Waals surface area contributed by atoms with E-state index in [0.717, 1.165) is 35.5 Å². The highest BCUT2D eigenvalue weighted by molar-refractivity contribution is 6.32. The molecule has 0 saturated heterocycles. The lowest BCUT2D eigenvalue weighted by atomic mass is 9.70. The predicted molar refractivity (Wildman–Crippen MR) is 71.4 cm³/mol. The molecule has 18 heavy (non-hydrogen) atoms. The number of nitrogens with two attached hydrogens (primary N) is 1. The van der Waals surface area contributed by atoms with Crippen LogP contribution in [-0.2, 0) is 5.54 Å². The second-order valence-corrected chi connectivity index (χ2v) is 5.95. The molecule has 0 radical (unpaired) electrons. The van der Waals surface area contributed by atoms with Gasteiger partial charge in [0.2, 0.25) is 6.79 Å². The molecule has 1 saturated carbocycles. The molecule has 1 heterocycles. The molecular formula is C14H18ClNO2. The quantitative estimate of drug-likeness (QED) is 0.892. The maximum atomic E-state index is 6.48. The van der Waals surface area contributed by atoms with Crippen LogP contribution in [0, 0.1) is 0 Å². The van der Waals surface area contributed by atoms with E-state index in [0.29, 0.717) is 10.9 Å². The van der Waals surface area contributed by atoms with Crippen molar-refractivity contribution in [3.05, 3.63) is 22.2 Å². The van der Waals surface area contributed by atoms with Gasteiger partial charge in [-0.2, -0.15) is 0 Å². The monoisotopic (exact) mass is 267 g/mol. The van der Waals surface area contributed by atoms with Crippen LogP contribution in [0.5, 0.6) is 11.5 Å². The van der Waals surface area contributed by atoms with Crippen molar-refractivity contribution in [2.24, 2.45) is 5.73 Å². The molecule has 1 aliphatic heterocycles. The summed E-state index contributed by atoms with van der Waals surface area (Å²) in [7, 11) is 0. The highest BCUT2D eigenvalue weighted by Crippen LogP contribution is 2.51. The average molecular weight is 268 g/mol. The summed E-state index contributed by atoms with van der Waals surface area (Å²) in [6.07, 6.45) is 3.15. The smallest absolute Gasteiger partial charge is 0.231 e. The summed E-state index contributed by atoms with van der Waals surface area (Å²) >= 11 is 6.44. The van der Waals surface area contributed by atoms with Crippen LogP contribution >= 0.6 is 11.6 Å². The number of hydrogen-bond acceptors (Lipinski definition) is 3. The molecule has 2 N–H and O–H groups in total. The first-order valence-electron chi connectivity index (χ1n) is 6.44. The summed E-state index contributed by atoms with van der Waals surface area (Å²) in [5.41, 5.74) is 8.38. The fourth-order valence-electron chi connectivity index (χ4n) is 2.90. The van der Waals surface area contributed by atoms with E-state index in [9.17, 15) is 0 Å². The topological polar surface area (TPSA) is 44.5 Å². The Labute approximate surface area is 112 Å². The van der Waals surface area contributed by atoms with Crippen molar-refractivity contribution in [2.75, 3.05) is 6.79 Å². The standard InChI is InChI=1S/C14H18ClNO2/c1-8(2)11-12(14(16)4-3-5-14)9(15)6-10-13(11)18-7-17-10/h6,8H,3-5,7,16H2,1-2H3. The normalized spacial score (nSPS) is 20.1. The second kappa shape index (κ2) is 4.04. The van der Waals surface area contributed by atoms with E-state index in [1.54, 1.807) is 0 Å². The van der Waals surface area contributed by atoms with Crippen LogP contribution in [0.1, 0.15) is 50.2 Å². The molecule has 98 valence electrons. The summed E-state index contributed by atoms with van der Waals surface area (Å²) in [5.74, 6) is 1.90. The predicted octanol–water partition coefficient (Wildman–Crippen LogP) is 3.53. The zero-order valence-electron chi connectivity index (χ0n) is 10.8. The molecule has 1 aromatic carbocycles. The zero-order chi connectivity index (χ0) is 12.9. The van der Waals surface area contributed by atoms with Crippen LogP contribution in [0.25, 0.3) is 0 Å². The molecule has 2 aliphatic rings. The minimum absolute atomic E-state index is 0.270. The van der Waals surface area contributed by atoms with Crippen LogP contribution in [0.2, 0.25) is 5.02 Å². The van der Waals surface area contributed by atoms with E-state index < -0.39 is 0 Å². The Kier molecular flexibility index (Phi) is 2.72. The van der Waals surface area contributed by atoms with Gasteiger partial charge in [0.1, 0.15) is 0 Å². The Hall–Kier alpha value is -0.930. The van der Waals surface area contributed by atoms with E-state index in [2.05, 4.69) is 13.8 Å². The Bertz CT molecular complexity index is 495. The maximum absolute atomic E-state index is 6.48. The van der Waals surface area contributed by atoms with Crippen LogP contribution < -0.4 is 15.2 Å². The number of benzene rings is 1. The van der Waals surface area contributed by atoms with Gasteiger partial charge >= 0.3 is 0 Å². The van der Waals surface area contributed by atoms with E-state index in [4.69, 9.17) is 26.8 Å². The molecule has 3 nitrogen and oxygen atoms in total. The van der Waals surface area contributed by atoms with Crippen molar-refractivity contribution in [3.63, 3.8) is 0 Å². The van der Waals surface area contributed by atoms with E-state index in [-0.39, 0.29) is 12.3 Å². The molecule has 1 aromatic rings. The minimum atomic E-state index is -0.280. The Morgan fingerprint density at radius 2 is 2.06 bits per heavy atom. The van der Waals surface area contributed by atoms with Gasteiger partial charge in [-0.05, 0) is 30.7 Å². The molecule has 0 atom stereocenters. The van der Waals surface area contributed by atoms with Gasteiger partial charge in [0, 0.05) is 22.2 Å². The van der Waals surface area contributed by atoms with Gasteiger partial charge in [0.05, 0.1) is 0 Å². The summed E-state index contributed by atoms with van der Waals surface area (Å²) in [4.78, 5) is 0. The zero-order valence-corrected chi connectivity index (χ0v) is 11.5.